The number of hydrogen-bond acceptors (Lipinski definition) is 3. The van der Waals surface area contributed by atoms with Gasteiger partial charge in [-0.1, -0.05) is 0 Å². The SMILES string of the molecule is O=C1CCC(N2Cc3c(F)cc(I)cc3C2=O)C(=O)N1. The smallest absolute Gasteiger partial charge is 0.255 e. The van der Waals surface area contributed by atoms with Crippen LogP contribution in [0.15, 0.2) is 12.1 Å². The molecule has 1 fully saturated rings. The molecule has 0 radical (unpaired) electrons. The van der Waals surface area contributed by atoms with E-state index in [0.717, 1.165) is 0 Å². The number of piperidine rings is 1. The number of imide groups is 1. The summed E-state index contributed by atoms with van der Waals surface area (Å²) in [6, 6.07) is 2.28. The predicted octanol–water partition coefficient (Wildman–Crippen LogP) is 1.19. The second-order valence-corrected chi connectivity index (χ2v) is 6.06. The van der Waals surface area contributed by atoms with E-state index in [1.54, 1.807) is 6.07 Å². The summed E-state index contributed by atoms with van der Waals surface area (Å²) < 4.78 is 14.5. The molecule has 0 saturated carbocycles. The second-order valence-electron chi connectivity index (χ2n) is 4.81. The number of nitrogens with one attached hydrogen (secondary N) is 1. The van der Waals surface area contributed by atoms with Crippen molar-refractivity contribution in [2.45, 2.75) is 25.4 Å². The summed E-state index contributed by atoms with van der Waals surface area (Å²) >= 11 is 1.94. The van der Waals surface area contributed by atoms with E-state index in [-0.39, 0.29) is 31.2 Å². The summed E-state index contributed by atoms with van der Waals surface area (Å²) in [5, 5.41) is 2.21. The first-order valence-corrected chi connectivity index (χ1v) is 7.18. The van der Waals surface area contributed by atoms with Crippen LogP contribution in [0.2, 0.25) is 0 Å². The Morgan fingerprint density at radius 1 is 1.30 bits per heavy atom. The monoisotopic (exact) mass is 388 g/mol. The van der Waals surface area contributed by atoms with E-state index in [9.17, 15) is 18.8 Å². The van der Waals surface area contributed by atoms with Crippen molar-refractivity contribution in [3.8, 4) is 0 Å². The fourth-order valence-corrected chi connectivity index (χ4v) is 3.17. The van der Waals surface area contributed by atoms with Gasteiger partial charge in [0, 0.05) is 21.1 Å². The maximum atomic E-state index is 13.9. The number of rotatable bonds is 1. The molecule has 20 heavy (non-hydrogen) atoms. The lowest BCUT2D eigenvalue weighted by Gasteiger charge is -2.29. The zero-order valence-electron chi connectivity index (χ0n) is 10.3. The summed E-state index contributed by atoms with van der Waals surface area (Å²) in [5.41, 5.74) is 0.624. The minimum Gasteiger partial charge on any atom is -0.322 e. The van der Waals surface area contributed by atoms with Gasteiger partial charge in [0.15, 0.2) is 0 Å². The highest BCUT2D eigenvalue weighted by Gasteiger charge is 2.40. The van der Waals surface area contributed by atoms with Crippen molar-refractivity contribution in [2.75, 3.05) is 0 Å². The van der Waals surface area contributed by atoms with Gasteiger partial charge in [-0.2, -0.15) is 0 Å². The molecule has 1 N–H and O–H groups in total. The highest BCUT2D eigenvalue weighted by molar-refractivity contribution is 14.1. The van der Waals surface area contributed by atoms with Gasteiger partial charge in [0.05, 0.1) is 6.54 Å². The third-order valence-corrected chi connectivity index (χ3v) is 4.19. The highest BCUT2D eigenvalue weighted by Crippen LogP contribution is 2.30. The Bertz CT molecular complexity index is 647. The Kier molecular flexibility index (Phi) is 3.23. The van der Waals surface area contributed by atoms with E-state index in [1.807, 2.05) is 22.6 Å². The number of carbonyl (C=O) groups is 3. The van der Waals surface area contributed by atoms with Gasteiger partial charge in [0.1, 0.15) is 11.9 Å². The van der Waals surface area contributed by atoms with Crippen LogP contribution in [0.1, 0.15) is 28.8 Å². The molecule has 0 bridgehead atoms. The molecular weight excluding hydrogens is 378 g/mol. The molecule has 0 aromatic heterocycles. The van der Waals surface area contributed by atoms with E-state index >= 15 is 0 Å². The van der Waals surface area contributed by atoms with Gasteiger partial charge in [-0.05, 0) is 41.1 Å². The average Bonchev–Trinajstić information content (AvgIpc) is 2.68. The molecule has 3 amide bonds. The first-order chi connectivity index (χ1) is 9.47. The Balaban J connectivity index is 1.92. The minimum absolute atomic E-state index is 0.0726. The molecule has 7 heteroatoms. The summed E-state index contributed by atoms with van der Waals surface area (Å²) in [6.45, 7) is 0.0726. The third kappa shape index (κ3) is 2.09. The van der Waals surface area contributed by atoms with Crippen LogP contribution >= 0.6 is 22.6 Å². The molecule has 0 aliphatic carbocycles. The van der Waals surface area contributed by atoms with Crippen LogP contribution in [-0.2, 0) is 16.1 Å². The van der Waals surface area contributed by atoms with Gasteiger partial charge in [0.25, 0.3) is 5.91 Å². The topological polar surface area (TPSA) is 66.5 Å². The third-order valence-electron chi connectivity index (χ3n) is 3.57. The molecule has 2 aliphatic rings. The van der Waals surface area contributed by atoms with Crippen molar-refractivity contribution < 1.29 is 18.8 Å². The highest BCUT2D eigenvalue weighted by atomic mass is 127. The summed E-state index contributed by atoms with van der Waals surface area (Å²) in [5.74, 6) is -1.62. The van der Waals surface area contributed by atoms with Gasteiger partial charge in [-0.3, -0.25) is 19.7 Å². The lowest BCUT2D eigenvalue weighted by molar-refractivity contribution is -0.136. The number of carbonyl (C=O) groups excluding carboxylic acids is 3. The lowest BCUT2D eigenvalue weighted by atomic mass is 10.0. The van der Waals surface area contributed by atoms with Crippen molar-refractivity contribution in [2.24, 2.45) is 0 Å². The molecule has 1 unspecified atom stereocenters. The summed E-state index contributed by atoms with van der Waals surface area (Å²) in [7, 11) is 0. The number of hydrogen-bond donors (Lipinski definition) is 1. The fraction of sp³-hybridized carbons (Fsp3) is 0.308. The van der Waals surface area contributed by atoms with Crippen molar-refractivity contribution in [1.82, 2.24) is 10.2 Å². The molecule has 1 saturated heterocycles. The van der Waals surface area contributed by atoms with Crippen LogP contribution in [0.4, 0.5) is 4.39 Å². The van der Waals surface area contributed by atoms with E-state index in [2.05, 4.69) is 5.32 Å². The quantitative estimate of drug-likeness (QED) is 0.581. The van der Waals surface area contributed by atoms with Crippen LogP contribution in [0.3, 0.4) is 0 Å². The van der Waals surface area contributed by atoms with Crippen molar-refractivity contribution in [3.05, 3.63) is 32.6 Å². The molecule has 2 aliphatic heterocycles. The Hall–Kier alpha value is -1.51. The maximum absolute atomic E-state index is 13.9. The second kappa shape index (κ2) is 4.80. The van der Waals surface area contributed by atoms with Crippen LogP contribution < -0.4 is 5.32 Å². The van der Waals surface area contributed by atoms with Gasteiger partial charge < -0.3 is 4.90 Å². The Morgan fingerprint density at radius 2 is 2.05 bits per heavy atom. The number of nitrogens with zero attached hydrogens (tertiary/aromatic N) is 1. The van der Waals surface area contributed by atoms with Crippen LogP contribution in [0.5, 0.6) is 0 Å². The zero-order chi connectivity index (χ0) is 14.4. The Labute approximate surface area is 127 Å². The minimum atomic E-state index is -0.704. The van der Waals surface area contributed by atoms with Crippen LogP contribution in [-0.4, -0.2) is 28.7 Å². The first-order valence-electron chi connectivity index (χ1n) is 6.10. The molecule has 3 rings (SSSR count). The van der Waals surface area contributed by atoms with Crippen LogP contribution in [0, 0.1) is 9.39 Å². The predicted molar refractivity (Wildman–Crippen MR) is 75.2 cm³/mol. The molecule has 1 aromatic rings. The molecule has 5 nitrogen and oxygen atoms in total. The number of benzene rings is 1. The van der Waals surface area contributed by atoms with Crippen LogP contribution in [0.25, 0.3) is 0 Å². The van der Waals surface area contributed by atoms with E-state index in [1.165, 1.54) is 11.0 Å². The van der Waals surface area contributed by atoms with Gasteiger partial charge >= 0.3 is 0 Å². The molecule has 2 heterocycles. The standard InChI is InChI=1S/C13H10FIN2O3/c14-9-4-6(15)3-7-8(9)5-17(13(7)20)10-1-2-11(18)16-12(10)19/h3-4,10H,1-2,5H2,(H,16,18,19). The largest absolute Gasteiger partial charge is 0.322 e. The summed E-state index contributed by atoms with van der Waals surface area (Å²) in [6.07, 6.45) is 0.472. The number of fused-ring (bicyclic) bond motifs is 1. The number of halogens is 2. The lowest BCUT2D eigenvalue weighted by Crippen LogP contribution is -2.52. The normalized spacial score (nSPS) is 22.0. The number of amides is 3. The zero-order valence-corrected chi connectivity index (χ0v) is 12.4. The average molecular weight is 388 g/mol. The first kappa shape index (κ1) is 13.5. The summed E-state index contributed by atoms with van der Waals surface area (Å²) in [4.78, 5) is 36.6. The van der Waals surface area contributed by atoms with Crippen molar-refractivity contribution in [3.63, 3.8) is 0 Å². The van der Waals surface area contributed by atoms with Gasteiger partial charge in [0.2, 0.25) is 11.8 Å². The molecule has 104 valence electrons. The van der Waals surface area contributed by atoms with Gasteiger partial charge in [-0.25, -0.2) is 4.39 Å². The molecule has 1 aromatic carbocycles. The molecular formula is C13H10FIN2O3. The molecule has 1 atom stereocenters. The van der Waals surface area contributed by atoms with Crippen molar-refractivity contribution >= 4 is 40.3 Å². The maximum Gasteiger partial charge on any atom is 0.255 e. The van der Waals surface area contributed by atoms with E-state index in [0.29, 0.717) is 14.7 Å². The van der Waals surface area contributed by atoms with Gasteiger partial charge in [-0.15, -0.1) is 0 Å². The van der Waals surface area contributed by atoms with E-state index < -0.39 is 17.8 Å². The van der Waals surface area contributed by atoms with E-state index in [4.69, 9.17) is 0 Å². The molecule has 0 spiro atoms. The van der Waals surface area contributed by atoms with Crippen molar-refractivity contribution in [1.29, 1.82) is 0 Å². The fourth-order valence-electron chi connectivity index (χ4n) is 2.58. The Morgan fingerprint density at radius 3 is 2.75 bits per heavy atom.